The van der Waals surface area contributed by atoms with Gasteiger partial charge in [0, 0.05) is 6.07 Å². The van der Waals surface area contributed by atoms with Crippen LogP contribution in [0.25, 0.3) is 0 Å². The summed E-state index contributed by atoms with van der Waals surface area (Å²) in [6.45, 7) is 2.00. The van der Waals surface area contributed by atoms with E-state index in [1.807, 2.05) is 30.3 Å². The standard InChI is InChI=1S/C16H18F3N3O2/c1-11-8-14(20-15(23)12(2)24-10-16(17,18)19)22(21-11)9-13-6-4-3-5-7-13/h3-8,12H,9-10H2,1-2H3,(H,20,23)/t12-/m0/s1. The van der Waals surface area contributed by atoms with Crippen LogP contribution in [-0.2, 0) is 16.1 Å². The Morgan fingerprint density at radius 3 is 2.62 bits per heavy atom. The van der Waals surface area contributed by atoms with E-state index in [1.54, 1.807) is 17.7 Å². The lowest BCUT2D eigenvalue weighted by atomic mass is 10.2. The Labute approximate surface area is 137 Å². The Bertz CT molecular complexity index is 684. The van der Waals surface area contributed by atoms with Gasteiger partial charge in [0.15, 0.2) is 0 Å². The molecule has 0 bridgehead atoms. The molecule has 2 aromatic rings. The topological polar surface area (TPSA) is 56.1 Å². The van der Waals surface area contributed by atoms with E-state index in [0.29, 0.717) is 18.1 Å². The van der Waals surface area contributed by atoms with Gasteiger partial charge in [0.2, 0.25) is 0 Å². The van der Waals surface area contributed by atoms with Crippen molar-refractivity contribution in [1.82, 2.24) is 9.78 Å². The van der Waals surface area contributed by atoms with Gasteiger partial charge in [-0.3, -0.25) is 4.79 Å². The van der Waals surface area contributed by atoms with Gasteiger partial charge in [0.25, 0.3) is 5.91 Å². The molecule has 0 unspecified atom stereocenters. The highest BCUT2D eigenvalue weighted by molar-refractivity contribution is 5.93. The summed E-state index contributed by atoms with van der Waals surface area (Å²) in [6.07, 6.45) is -5.70. The van der Waals surface area contributed by atoms with Crippen molar-refractivity contribution in [2.75, 3.05) is 11.9 Å². The summed E-state index contributed by atoms with van der Waals surface area (Å²) in [5.41, 5.74) is 1.67. The van der Waals surface area contributed by atoms with Gasteiger partial charge in [-0.1, -0.05) is 30.3 Å². The Morgan fingerprint density at radius 2 is 2.00 bits per heavy atom. The van der Waals surface area contributed by atoms with Gasteiger partial charge in [-0.25, -0.2) is 4.68 Å². The first-order valence-corrected chi connectivity index (χ1v) is 7.32. The molecule has 8 heteroatoms. The molecule has 2 rings (SSSR count). The Morgan fingerprint density at radius 1 is 1.33 bits per heavy atom. The normalized spacial score (nSPS) is 12.9. The number of benzene rings is 1. The van der Waals surface area contributed by atoms with Gasteiger partial charge < -0.3 is 10.1 Å². The van der Waals surface area contributed by atoms with Crippen LogP contribution in [0.3, 0.4) is 0 Å². The van der Waals surface area contributed by atoms with Crippen LogP contribution in [0.1, 0.15) is 18.2 Å². The molecule has 0 aliphatic rings. The number of nitrogens with zero attached hydrogens (tertiary/aromatic N) is 2. The van der Waals surface area contributed by atoms with E-state index in [9.17, 15) is 18.0 Å². The first-order chi connectivity index (χ1) is 11.2. The van der Waals surface area contributed by atoms with Crippen LogP contribution in [0.2, 0.25) is 0 Å². The van der Waals surface area contributed by atoms with E-state index >= 15 is 0 Å². The minimum absolute atomic E-state index is 0.406. The van der Waals surface area contributed by atoms with Crippen LogP contribution >= 0.6 is 0 Å². The molecule has 1 aromatic carbocycles. The molecule has 1 atom stereocenters. The second-order valence-corrected chi connectivity index (χ2v) is 5.37. The van der Waals surface area contributed by atoms with Gasteiger partial charge in [0.1, 0.15) is 18.5 Å². The molecule has 0 radical (unpaired) electrons. The zero-order chi connectivity index (χ0) is 17.7. The number of hydrogen-bond acceptors (Lipinski definition) is 3. The molecule has 0 saturated heterocycles. The second-order valence-electron chi connectivity index (χ2n) is 5.37. The van der Waals surface area contributed by atoms with Gasteiger partial charge in [-0.2, -0.15) is 18.3 Å². The van der Waals surface area contributed by atoms with E-state index in [2.05, 4.69) is 15.2 Å². The predicted octanol–water partition coefficient (Wildman–Crippen LogP) is 3.15. The highest BCUT2D eigenvalue weighted by Crippen LogP contribution is 2.17. The number of rotatable bonds is 6. The monoisotopic (exact) mass is 341 g/mol. The molecule has 0 spiro atoms. The highest BCUT2D eigenvalue weighted by Gasteiger charge is 2.30. The third-order valence-electron chi connectivity index (χ3n) is 3.19. The van der Waals surface area contributed by atoms with Gasteiger partial charge in [0.05, 0.1) is 12.2 Å². The van der Waals surface area contributed by atoms with E-state index in [4.69, 9.17) is 0 Å². The SMILES string of the molecule is Cc1cc(NC(=O)[C@H](C)OCC(F)(F)F)n(Cc2ccccc2)n1. The molecule has 0 saturated carbocycles. The number of halogens is 3. The third-order valence-corrected chi connectivity index (χ3v) is 3.19. The number of carbonyl (C=O) groups excluding carboxylic acids is 1. The van der Waals surface area contributed by atoms with Crippen molar-refractivity contribution in [3.05, 3.63) is 47.7 Å². The van der Waals surface area contributed by atoms with Crippen LogP contribution in [0.5, 0.6) is 0 Å². The average molecular weight is 341 g/mol. The van der Waals surface area contributed by atoms with E-state index in [1.165, 1.54) is 6.92 Å². The largest absolute Gasteiger partial charge is 0.411 e. The van der Waals surface area contributed by atoms with Crippen LogP contribution in [0, 0.1) is 6.92 Å². The van der Waals surface area contributed by atoms with E-state index in [-0.39, 0.29) is 0 Å². The first-order valence-electron chi connectivity index (χ1n) is 7.32. The Kier molecular flexibility index (Phi) is 5.61. The molecule has 5 nitrogen and oxygen atoms in total. The minimum Gasteiger partial charge on any atom is -0.359 e. The third kappa shape index (κ3) is 5.38. The fraction of sp³-hybridized carbons (Fsp3) is 0.375. The number of anilines is 1. The molecule has 24 heavy (non-hydrogen) atoms. The smallest absolute Gasteiger partial charge is 0.359 e. The summed E-state index contributed by atoms with van der Waals surface area (Å²) >= 11 is 0. The number of amides is 1. The molecule has 0 fully saturated rings. The Balaban J connectivity index is 2.03. The number of aryl methyl sites for hydroxylation is 1. The molecule has 1 amide bonds. The lowest BCUT2D eigenvalue weighted by Crippen LogP contribution is -2.32. The summed E-state index contributed by atoms with van der Waals surface area (Å²) in [7, 11) is 0. The van der Waals surface area contributed by atoms with Crippen LogP contribution in [-0.4, -0.2) is 34.6 Å². The fourth-order valence-electron chi connectivity index (χ4n) is 2.05. The molecule has 0 aliphatic carbocycles. The summed E-state index contributed by atoms with van der Waals surface area (Å²) in [5, 5.41) is 6.84. The number of aromatic nitrogens is 2. The zero-order valence-corrected chi connectivity index (χ0v) is 13.3. The predicted molar refractivity (Wildman–Crippen MR) is 82.6 cm³/mol. The maximum atomic E-state index is 12.1. The molecular weight excluding hydrogens is 323 g/mol. The number of nitrogens with one attached hydrogen (secondary N) is 1. The van der Waals surface area contributed by atoms with Gasteiger partial charge >= 0.3 is 6.18 Å². The van der Waals surface area contributed by atoms with Crippen LogP contribution in [0.15, 0.2) is 36.4 Å². The molecular formula is C16H18F3N3O2. The number of ether oxygens (including phenoxy) is 1. The maximum Gasteiger partial charge on any atom is 0.411 e. The van der Waals surface area contributed by atoms with Gasteiger partial charge in [-0.15, -0.1) is 0 Å². The zero-order valence-electron chi connectivity index (χ0n) is 13.3. The van der Waals surface area contributed by atoms with Crippen molar-refractivity contribution in [1.29, 1.82) is 0 Å². The minimum atomic E-state index is -4.47. The Hall–Kier alpha value is -2.35. The summed E-state index contributed by atoms with van der Waals surface area (Å²) in [6, 6.07) is 11.1. The van der Waals surface area contributed by atoms with Crippen molar-refractivity contribution in [2.24, 2.45) is 0 Å². The molecule has 1 aromatic heterocycles. The average Bonchev–Trinajstić information content (AvgIpc) is 2.84. The lowest BCUT2D eigenvalue weighted by molar-refractivity contribution is -0.184. The number of hydrogen-bond donors (Lipinski definition) is 1. The quantitative estimate of drug-likeness (QED) is 0.878. The summed E-state index contributed by atoms with van der Waals surface area (Å²) in [5.74, 6) is -0.253. The fourth-order valence-corrected chi connectivity index (χ4v) is 2.05. The van der Waals surface area contributed by atoms with Crippen molar-refractivity contribution in [2.45, 2.75) is 32.7 Å². The van der Waals surface area contributed by atoms with Crippen molar-refractivity contribution in [3.8, 4) is 0 Å². The lowest BCUT2D eigenvalue weighted by Gasteiger charge is -2.15. The number of carbonyl (C=O) groups is 1. The second kappa shape index (κ2) is 7.48. The van der Waals surface area contributed by atoms with Crippen LogP contribution < -0.4 is 5.32 Å². The van der Waals surface area contributed by atoms with Crippen molar-refractivity contribution < 1.29 is 22.7 Å². The first kappa shape index (κ1) is 18.0. The van der Waals surface area contributed by atoms with Gasteiger partial charge in [-0.05, 0) is 19.4 Å². The van der Waals surface area contributed by atoms with Crippen molar-refractivity contribution in [3.63, 3.8) is 0 Å². The molecule has 130 valence electrons. The molecule has 1 N–H and O–H groups in total. The summed E-state index contributed by atoms with van der Waals surface area (Å²) in [4.78, 5) is 12.0. The molecule has 1 heterocycles. The summed E-state index contributed by atoms with van der Waals surface area (Å²) < 4.78 is 42.6. The highest BCUT2D eigenvalue weighted by atomic mass is 19.4. The maximum absolute atomic E-state index is 12.1. The van der Waals surface area contributed by atoms with Crippen molar-refractivity contribution >= 4 is 11.7 Å². The number of alkyl halides is 3. The van der Waals surface area contributed by atoms with E-state index in [0.717, 1.165) is 5.56 Å². The van der Waals surface area contributed by atoms with E-state index < -0.39 is 24.8 Å². The van der Waals surface area contributed by atoms with Crippen LogP contribution in [0.4, 0.5) is 19.0 Å². The molecule has 0 aliphatic heterocycles.